The van der Waals surface area contributed by atoms with Crippen LogP contribution < -0.4 is 9.47 Å². The molecule has 2 heterocycles. The molecule has 0 fully saturated rings. The van der Waals surface area contributed by atoms with E-state index in [1.807, 2.05) is 30.5 Å². The standard InChI is InChI=1S/C24H25NO5S/c1-13-20(24(27)30-4)21(15-7-5-8-18(28-2)23(15)29-3)22-16(25-13)11-14(12-17(22)26)19-9-6-10-31-19/h5-10,14,20-21H,11-12H2,1-4H3/t14-,20?,21+/m1/s1. The van der Waals surface area contributed by atoms with E-state index in [1.54, 1.807) is 31.6 Å². The summed E-state index contributed by atoms with van der Waals surface area (Å²) in [5.41, 5.74) is 2.70. The van der Waals surface area contributed by atoms with Gasteiger partial charge in [0, 0.05) is 45.7 Å². The molecule has 1 aliphatic carbocycles. The van der Waals surface area contributed by atoms with E-state index in [9.17, 15) is 9.59 Å². The summed E-state index contributed by atoms with van der Waals surface area (Å²) in [6, 6.07) is 9.58. The quantitative estimate of drug-likeness (QED) is 0.641. The predicted octanol–water partition coefficient (Wildman–Crippen LogP) is 4.51. The smallest absolute Gasteiger partial charge is 0.315 e. The van der Waals surface area contributed by atoms with Crippen molar-refractivity contribution in [3.63, 3.8) is 0 Å². The molecule has 0 radical (unpaired) electrons. The molecule has 0 N–H and O–H groups in total. The first kappa shape index (κ1) is 21.3. The molecule has 0 spiro atoms. The number of hydrogen-bond acceptors (Lipinski definition) is 7. The van der Waals surface area contributed by atoms with Gasteiger partial charge in [0.25, 0.3) is 0 Å². The Morgan fingerprint density at radius 2 is 1.90 bits per heavy atom. The molecule has 1 aromatic carbocycles. The fourth-order valence-corrected chi connectivity index (χ4v) is 5.54. The van der Waals surface area contributed by atoms with Crippen LogP contribution in [0.15, 0.2) is 52.0 Å². The number of para-hydroxylation sites is 1. The van der Waals surface area contributed by atoms with Gasteiger partial charge in [-0.1, -0.05) is 18.2 Å². The number of allylic oxidation sites excluding steroid dienone is 2. The van der Waals surface area contributed by atoms with Crippen molar-refractivity contribution in [1.29, 1.82) is 0 Å². The van der Waals surface area contributed by atoms with Crippen LogP contribution in [0.4, 0.5) is 0 Å². The van der Waals surface area contributed by atoms with Gasteiger partial charge >= 0.3 is 5.97 Å². The SMILES string of the molecule is COC(=O)C1C(C)=NC2=C(C(=O)C[C@H](c3cccs3)C2)[C@H]1c1cccc(OC)c1OC. The van der Waals surface area contributed by atoms with E-state index >= 15 is 0 Å². The lowest BCUT2D eigenvalue weighted by atomic mass is 9.69. The first-order valence-electron chi connectivity index (χ1n) is 10.1. The van der Waals surface area contributed by atoms with E-state index < -0.39 is 17.8 Å². The molecule has 4 rings (SSSR count). The Hall–Kier alpha value is -2.93. The van der Waals surface area contributed by atoms with E-state index in [0.29, 0.717) is 35.6 Å². The molecule has 6 nitrogen and oxygen atoms in total. The van der Waals surface area contributed by atoms with Crippen molar-refractivity contribution in [3.8, 4) is 11.5 Å². The van der Waals surface area contributed by atoms with Crippen LogP contribution in [0, 0.1) is 5.92 Å². The summed E-state index contributed by atoms with van der Waals surface area (Å²) in [4.78, 5) is 32.3. The fraction of sp³-hybridized carbons (Fsp3) is 0.375. The van der Waals surface area contributed by atoms with Crippen molar-refractivity contribution in [1.82, 2.24) is 0 Å². The summed E-state index contributed by atoms with van der Waals surface area (Å²) in [6.45, 7) is 1.82. The summed E-state index contributed by atoms with van der Waals surface area (Å²) >= 11 is 1.65. The average molecular weight is 440 g/mol. The summed E-state index contributed by atoms with van der Waals surface area (Å²) in [5, 5.41) is 2.02. The van der Waals surface area contributed by atoms with Crippen molar-refractivity contribution in [2.75, 3.05) is 21.3 Å². The maximum Gasteiger partial charge on any atom is 0.315 e. The third-order valence-corrected chi connectivity index (χ3v) is 7.09. The first-order chi connectivity index (χ1) is 15.0. The van der Waals surface area contributed by atoms with Gasteiger partial charge in [-0.05, 0) is 30.9 Å². The van der Waals surface area contributed by atoms with Crippen LogP contribution in [-0.4, -0.2) is 38.8 Å². The topological polar surface area (TPSA) is 74.2 Å². The monoisotopic (exact) mass is 439 g/mol. The van der Waals surface area contributed by atoms with E-state index in [2.05, 4.69) is 6.07 Å². The lowest BCUT2D eigenvalue weighted by molar-refractivity contribution is -0.143. The number of carbonyl (C=O) groups is 2. The van der Waals surface area contributed by atoms with E-state index in [1.165, 1.54) is 12.0 Å². The van der Waals surface area contributed by atoms with Crippen molar-refractivity contribution >= 4 is 28.8 Å². The van der Waals surface area contributed by atoms with Crippen molar-refractivity contribution in [2.45, 2.75) is 31.6 Å². The molecule has 31 heavy (non-hydrogen) atoms. The molecule has 0 saturated carbocycles. The van der Waals surface area contributed by atoms with Gasteiger partial charge in [0.1, 0.15) is 5.92 Å². The van der Waals surface area contributed by atoms with Crippen LogP contribution in [0.2, 0.25) is 0 Å². The Kier molecular flexibility index (Phi) is 5.96. The minimum atomic E-state index is -0.702. The Morgan fingerprint density at radius 1 is 1.10 bits per heavy atom. The Balaban J connectivity index is 1.89. The molecule has 1 aromatic heterocycles. The summed E-state index contributed by atoms with van der Waals surface area (Å²) in [7, 11) is 4.48. The molecule has 7 heteroatoms. The number of Topliss-reactive ketones (excluding diaryl/α,β-unsaturated/α-hetero) is 1. The highest BCUT2D eigenvalue weighted by Gasteiger charge is 2.46. The van der Waals surface area contributed by atoms with Gasteiger partial charge in [0.05, 0.1) is 21.3 Å². The normalized spacial score (nSPS) is 23.2. The second-order valence-corrected chi connectivity index (χ2v) is 8.70. The highest BCUT2D eigenvalue weighted by molar-refractivity contribution is 7.10. The van der Waals surface area contributed by atoms with Crippen LogP contribution in [0.3, 0.4) is 0 Å². The number of benzene rings is 1. The van der Waals surface area contributed by atoms with E-state index in [4.69, 9.17) is 19.2 Å². The molecule has 2 aliphatic rings. The second kappa shape index (κ2) is 8.67. The Bertz CT molecular complexity index is 1070. The predicted molar refractivity (Wildman–Crippen MR) is 119 cm³/mol. The van der Waals surface area contributed by atoms with Crippen molar-refractivity contribution < 1.29 is 23.8 Å². The molecule has 162 valence electrons. The van der Waals surface area contributed by atoms with Crippen LogP contribution in [0.1, 0.15) is 42.0 Å². The fourth-order valence-electron chi connectivity index (χ4n) is 4.71. The van der Waals surface area contributed by atoms with Crippen LogP contribution in [0.25, 0.3) is 0 Å². The summed E-state index contributed by atoms with van der Waals surface area (Å²) in [5.74, 6) is -0.487. The second-order valence-electron chi connectivity index (χ2n) is 7.72. The third-order valence-electron chi connectivity index (χ3n) is 6.06. The maximum absolute atomic E-state index is 13.5. The number of carbonyl (C=O) groups excluding carboxylic acids is 2. The molecular weight excluding hydrogens is 414 g/mol. The number of aliphatic imine (C=N–C) groups is 1. The summed E-state index contributed by atoms with van der Waals surface area (Å²) < 4.78 is 16.3. The van der Waals surface area contributed by atoms with Gasteiger partial charge in [0.15, 0.2) is 17.3 Å². The number of nitrogens with zero attached hydrogens (tertiary/aromatic N) is 1. The van der Waals surface area contributed by atoms with Crippen molar-refractivity contribution in [2.24, 2.45) is 10.9 Å². The van der Waals surface area contributed by atoms with Gasteiger partial charge in [-0.25, -0.2) is 0 Å². The van der Waals surface area contributed by atoms with E-state index in [0.717, 1.165) is 11.3 Å². The highest BCUT2D eigenvalue weighted by atomic mass is 32.1. The lowest BCUT2D eigenvalue weighted by Gasteiger charge is -2.36. The number of hydrogen-bond donors (Lipinski definition) is 0. The first-order valence-corrected chi connectivity index (χ1v) is 11.0. The highest BCUT2D eigenvalue weighted by Crippen LogP contribution is 2.50. The molecular formula is C24H25NO5S. The molecule has 2 aromatic rings. The molecule has 1 aliphatic heterocycles. The molecule has 1 unspecified atom stereocenters. The Labute approximate surface area is 185 Å². The van der Waals surface area contributed by atoms with Gasteiger partial charge in [-0.3, -0.25) is 14.6 Å². The van der Waals surface area contributed by atoms with E-state index in [-0.39, 0.29) is 11.7 Å². The number of rotatable bonds is 5. The number of ketones is 1. The molecule has 3 atom stereocenters. The minimum absolute atomic E-state index is 0.0136. The van der Waals surface area contributed by atoms with Crippen LogP contribution in [0.5, 0.6) is 11.5 Å². The average Bonchev–Trinajstić information content (AvgIpc) is 3.31. The van der Waals surface area contributed by atoms with Gasteiger partial charge < -0.3 is 14.2 Å². The van der Waals surface area contributed by atoms with Gasteiger partial charge in [-0.2, -0.15) is 0 Å². The molecule has 0 saturated heterocycles. The zero-order chi connectivity index (χ0) is 22.1. The molecule has 0 amide bonds. The third kappa shape index (κ3) is 3.67. The number of ether oxygens (including phenoxy) is 3. The van der Waals surface area contributed by atoms with Crippen LogP contribution in [-0.2, 0) is 14.3 Å². The maximum atomic E-state index is 13.5. The largest absolute Gasteiger partial charge is 0.493 e. The number of methoxy groups -OCH3 is 3. The summed E-state index contributed by atoms with van der Waals surface area (Å²) in [6.07, 6.45) is 1.06. The Morgan fingerprint density at radius 3 is 2.55 bits per heavy atom. The minimum Gasteiger partial charge on any atom is -0.493 e. The van der Waals surface area contributed by atoms with Gasteiger partial charge in [-0.15, -0.1) is 11.3 Å². The zero-order valence-electron chi connectivity index (χ0n) is 18.0. The van der Waals surface area contributed by atoms with Crippen LogP contribution >= 0.6 is 11.3 Å². The zero-order valence-corrected chi connectivity index (χ0v) is 18.8. The molecule has 0 bridgehead atoms. The lowest BCUT2D eigenvalue weighted by Crippen LogP contribution is -2.37. The number of thiophene rings is 1. The van der Waals surface area contributed by atoms with Gasteiger partial charge in [0.2, 0.25) is 0 Å². The number of esters is 1. The van der Waals surface area contributed by atoms with Crippen molar-refractivity contribution in [3.05, 3.63) is 57.4 Å².